The largest absolute Gasteiger partial charge is 0.377 e. The number of methoxy groups -OCH3 is 1. The summed E-state index contributed by atoms with van der Waals surface area (Å²) in [5.74, 6) is 0.243. The van der Waals surface area contributed by atoms with Crippen LogP contribution in [0.15, 0.2) is 0 Å². The van der Waals surface area contributed by atoms with Gasteiger partial charge in [0, 0.05) is 26.2 Å². The summed E-state index contributed by atoms with van der Waals surface area (Å²) in [6.07, 6.45) is 3.40. The van der Waals surface area contributed by atoms with Gasteiger partial charge in [-0.25, -0.2) is 8.42 Å². The molecule has 0 radical (unpaired) electrons. The topological polar surface area (TPSA) is 58.6 Å². The number of nitrogens with zero attached hydrogens (tertiary/aromatic N) is 1. The quantitative estimate of drug-likeness (QED) is 0.692. The Balaban J connectivity index is 2.40. The summed E-state index contributed by atoms with van der Waals surface area (Å²) in [4.78, 5) is 0. The molecular formula is C14H30N2O3S. The first-order valence-corrected chi connectivity index (χ1v) is 9.16. The molecule has 0 aliphatic carbocycles. The molecule has 5 nitrogen and oxygen atoms in total. The molecule has 1 N–H and O–H groups in total. The van der Waals surface area contributed by atoms with Crippen LogP contribution < -0.4 is 5.32 Å². The van der Waals surface area contributed by atoms with E-state index in [2.05, 4.69) is 19.2 Å². The van der Waals surface area contributed by atoms with E-state index >= 15 is 0 Å². The maximum absolute atomic E-state index is 12.3. The number of hydrogen-bond donors (Lipinski definition) is 1. The zero-order valence-corrected chi connectivity index (χ0v) is 14.1. The van der Waals surface area contributed by atoms with Crippen molar-refractivity contribution in [2.24, 2.45) is 0 Å². The van der Waals surface area contributed by atoms with E-state index in [9.17, 15) is 8.42 Å². The molecule has 0 aromatic carbocycles. The molecule has 1 aliphatic heterocycles. The minimum atomic E-state index is -3.14. The van der Waals surface area contributed by atoms with Gasteiger partial charge >= 0.3 is 0 Å². The van der Waals surface area contributed by atoms with E-state index in [-0.39, 0.29) is 11.4 Å². The van der Waals surface area contributed by atoms with Crippen molar-refractivity contribution in [3.8, 4) is 0 Å². The van der Waals surface area contributed by atoms with Crippen molar-refractivity contribution < 1.29 is 13.2 Å². The highest BCUT2D eigenvalue weighted by molar-refractivity contribution is 7.89. The van der Waals surface area contributed by atoms with Crippen molar-refractivity contribution in [1.29, 1.82) is 0 Å². The van der Waals surface area contributed by atoms with Gasteiger partial charge in [-0.15, -0.1) is 0 Å². The van der Waals surface area contributed by atoms with E-state index in [4.69, 9.17) is 4.74 Å². The van der Waals surface area contributed by atoms with Gasteiger partial charge in [0.15, 0.2) is 0 Å². The fourth-order valence-electron chi connectivity index (χ4n) is 2.49. The Hall–Kier alpha value is -0.170. The highest BCUT2D eigenvalue weighted by Gasteiger charge is 2.35. The lowest BCUT2D eigenvalue weighted by atomic mass is 9.96. The van der Waals surface area contributed by atoms with Gasteiger partial charge in [0.25, 0.3) is 0 Å². The molecule has 6 heteroatoms. The Bertz CT molecular complexity index is 384. The van der Waals surface area contributed by atoms with E-state index in [1.807, 2.05) is 6.92 Å². The smallest absolute Gasteiger partial charge is 0.214 e. The van der Waals surface area contributed by atoms with Crippen LogP contribution in [-0.2, 0) is 14.8 Å². The first-order chi connectivity index (χ1) is 9.29. The summed E-state index contributed by atoms with van der Waals surface area (Å²) in [6.45, 7) is 8.16. The molecule has 1 saturated heterocycles. The lowest BCUT2D eigenvalue weighted by Crippen LogP contribution is -2.50. The van der Waals surface area contributed by atoms with Crippen LogP contribution in [0.1, 0.15) is 46.5 Å². The predicted octanol–water partition coefficient (Wildman–Crippen LogP) is 1.60. The molecule has 1 atom stereocenters. The molecule has 1 rings (SSSR count). The Morgan fingerprint density at radius 2 is 2.05 bits per heavy atom. The van der Waals surface area contributed by atoms with Gasteiger partial charge in [-0.1, -0.05) is 13.8 Å². The highest BCUT2D eigenvalue weighted by atomic mass is 32.2. The molecule has 1 heterocycles. The molecule has 1 fully saturated rings. The monoisotopic (exact) mass is 306 g/mol. The van der Waals surface area contributed by atoms with Crippen LogP contribution in [0, 0.1) is 0 Å². The third-order valence-electron chi connectivity index (χ3n) is 3.89. The van der Waals surface area contributed by atoms with Gasteiger partial charge in [-0.05, 0) is 39.2 Å². The number of hydrogen-bond acceptors (Lipinski definition) is 4. The predicted molar refractivity (Wildman–Crippen MR) is 82.4 cm³/mol. The van der Waals surface area contributed by atoms with Gasteiger partial charge in [0.2, 0.25) is 10.0 Å². The van der Waals surface area contributed by atoms with Crippen molar-refractivity contribution in [2.45, 2.75) is 58.1 Å². The number of piperidine rings is 1. The molecule has 1 unspecified atom stereocenters. The third-order valence-corrected chi connectivity index (χ3v) is 5.79. The molecule has 1 aliphatic rings. The molecule has 0 saturated carbocycles. The summed E-state index contributed by atoms with van der Waals surface area (Å²) in [7, 11) is -1.48. The van der Waals surface area contributed by atoms with Crippen molar-refractivity contribution in [3.63, 3.8) is 0 Å². The highest BCUT2D eigenvalue weighted by Crippen LogP contribution is 2.26. The van der Waals surface area contributed by atoms with Crippen LogP contribution in [0.2, 0.25) is 0 Å². The minimum Gasteiger partial charge on any atom is -0.377 e. The first kappa shape index (κ1) is 17.9. The third kappa shape index (κ3) is 5.68. The van der Waals surface area contributed by atoms with Gasteiger partial charge < -0.3 is 10.1 Å². The zero-order valence-electron chi connectivity index (χ0n) is 13.3. The standard InChI is InChI=1S/C14H30N2O3S/c1-13(2)15-9-5-6-11-20(17,18)16-10-7-8-14(3,12-16)19-4/h13,15H,5-12H2,1-4H3. The van der Waals surface area contributed by atoms with Crippen LogP contribution >= 0.6 is 0 Å². The van der Waals surface area contributed by atoms with Crippen LogP contribution in [0.4, 0.5) is 0 Å². The fourth-order valence-corrected chi connectivity index (χ4v) is 4.20. The SMILES string of the molecule is COC1(C)CCCN(S(=O)(=O)CCCCNC(C)C)C1. The Labute approximate surface area is 124 Å². The molecule has 0 bridgehead atoms. The van der Waals surface area contributed by atoms with Gasteiger partial charge in [-0.2, -0.15) is 4.31 Å². The van der Waals surface area contributed by atoms with E-state index in [0.717, 1.165) is 25.8 Å². The Morgan fingerprint density at radius 1 is 1.35 bits per heavy atom. The molecule has 0 aromatic heterocycles. The van der Waals surface area contributed by atoms with Crippen LogP contribution in [-0.4, -0.2) is 56.9 Å². The number of nitrogens with one attached hydrogen (secondary N) is 1. The lowest BCUT2D eigenvalue weighted by molar-refractivity contribution is -0.0319. The van der Waals surface area contributed by atoms with Crippen LogP contribution in [0.3, 0.4) is 0 Å². The van der Waals surface area contributed by atoms with E-state index < -0.39 is 10.0 Å². The summed E-state index contributed by atoms with van der Waals surface area (Å²) in [5.41, 5.74) is -0.329. The number of sulfonamides is 1. The van der Waals surface area contributed by atoms with Gasteiger partial charge in [0.1, 0.15) is 0 Å². The summed E-state index contributed by atoms with van der Waals surface area (Å²) in [6, 6.07) is 0.455. The summed E-state index contributed by atoms with van der Waals surface area (Å²) >= 11 is 0. The molecule has 0 amide bonds. The Morgan fingerprint density at radius 3 is 2.65 bits per heavy atom. The van der Waals surface area contributed by atoms with Gasteiger partial charge in [-0.3, -0.25) is 0 Å². The second-order valence-electron chi connectivity index (χ2n) is 6.22. The summed E-state index contributed by atoms with van der Waals surface area (Å²) < 4.78 is 31.7. The van der Waals surface area contributed by atoms with Crippen molar-refractivity contribution in [2.75, 3.05) is 32.5 Å². The normalized spacial score (nSPS) is 25.2. The average molecular weight is 306 g/mol. The summed E-state index contributed by atoms with van der Waals surface area (Å²) in [5, 5.41) is 3.31. The number of ether oxygens (including phenoxy) is 1. The van der Waals surface area contributed by atoms with E-state index in [0.29, 0.717) is 25.6 Å². The van der Waals surface area contributed by atoms with Crippen LogP contribution in [0.25, 0.3) is 0 Å². The van der Waals surface area contributed by atoms with Crippen molar-refractivity contribution in [1.82, 2.24) is 9.62 Å². The maximum Gasteiger partial charge on any atom is 0.214 e. The number of rotatable bonds is 8. The van der Waals surface area contributed by atoms with E-state index in [1.165, 1.54) is 0 Å². The lowest BCUT2D eigenvalue weighted by Gasteiger charge is -2.38. The maximum atomic E-state index is 12.3. The molecular weight excluding hydrogens is 276 g/mol. The Kier molecular flexibility index (Phi) is 6.91. The fraction of sp³-hybridized carbons (Fsp3) is 1.00. The second kappa shape index (κ2) is 7.73. The average Bonchev–Trinajstić information content (AvgIpc) is 2.38. The first-order valence-electron chi connectivity index (χ1n) is 7.55. The molecule has 0 spiro atoms. The molecule has 0 aromatic rings. The van der Waals surface area contributed by atoms with Crippen molar-refractivity contribution in [3.05, 3.63) is 0 Å². The zero-order chi connectivity index (χ0) is 15.2. The number of unbranched alkanes of at least 4 members (excludes halogenated alkanes) is 1. The minimum absolute atomic E-state index is 0.243. The van der Waals surface area contributed by atoms with E-state index in [1.54, 1.807) is 11.4 Å². The molecule has 120 valence electrons. The van der Waals surface area contributed by atoms with Crippen LogP contribution in [0.5, 0.6) is 0 Å². The van der Waals surface area contributed by atoms with Gasteiger partial charge in [0.05, 0.1) is 11.4 Å². The molecule has 20 heavy (non-hydrogen) atoms. The second-order valence-corrected chi connectivity index (χ2v) is 8.31. The van der Waals surface area contributed by atoms with Crippen molar-refractivity contribution >= 4 is 10.0 Å².